The maximum atomic E-state index is 12.8. The number of amides is 4. The molecule has 6 nitrogen and oxygen atoms in total. The summed E-state index contributed by atoms with van der Waals surface area (Å²) in [6, 6.07) is 19.8. The van der Waals surface area contributed by atoms with Gasteiger partial charge in [-0.15, -0.1) is 0 Å². The van der Waals surface area contributed by atoms with Crippen LogP contribution in [0.3, 0.4) is 0 Å². The fourth-order valence-corrected chi connectivity index (χ4v) is 3.87. The van der Waals surface area contributed by atoms with Crippen molar-refractivity contribution >= 4 is 23.6 Å². The van der Waals surface area contributed by atoms with Crippen molar-refractivity contribution in [2.45, 2.75) is 39.0 Å². The summed E-state index contributed by atoms with van der Waals surface area (Å²) in [4.78, 5) is 42.9. The number of unbranched alkanes of at least 4 members (excludes halogenated alkanes) is 1. The van der Waals surface area contributed by atoms with Crippen LogP contribution in [0, 0.1) is 5.92 Å². The Balaban J connectivity index is 1.74. The monoisotopic (exact) mass is 419 g/mol. The van der Waals surface area contributed by atoms with Gasteiger partial charge in [-0.3, -0.25) is 24.8 Å². The largest absolute Gasteiger partial charge is 0.330 e. The molecule has 1 fully saturated rings. The summed E-state index contributed by atoms with van der Waals surface area (Å²) in [5.41, 5.74) is 2.84. The molecule has 1 atom stereocenters. The molecule has 3 rings (SSSR count). The summed E-state index contributed by atoms with van der Waals surface area (Å²) in [6.45, 7) is 4.45. The Bertz CT molecular complexity index is 901. The molecule has 1 aliphatic heterocycles. The van der Waals surface area contributed by atoms with Crippen LogP contribution in [0.5, 0.6) is 0 Å². The topological polar surface area (TPSA) is 78.8 Å². The third-order valence-electron chi connectivity index (χ3n) is 5.59. The normalized spacial score (nSPS) is 17.3. The molecule has 2 aromatic carbocycles. The van der Waals surface area contributed by atoms with Gasteiger partial charge >= 0.3 is 6.03 Å². The van der Waals surface area contributed by atoms with Crippen molar-refractivity contribution < 1.29 is 14.4 Å². The van der Waals surface area contributed by atoms with E-state index in [1.165, 1.54) is 11.1 Å². The predicted octanol–water partition coefficient (Wildman–Crippen LogP) is 4.16. The predicted molar refractivity (Wildman–Crippen MR) is 121 cm³/mol. The molecule has 6 heteroatoms. The molecule has 0 unspecified atom stereocenters. The summed E-state index contributed by atoms with van der Waals surface area (Å²) < 4.78 is 0. The van der Waals surface area contributed by atoms with E-state index in [1.807, 2.05) is 43.3 Å². The van der Waals surface area contributed by atoms with Crippen LogP contribution >= 0.6 is 0 Å². The Labute approximate surface area is 183 Å². The van der Waals surface area contributed by atoms with E-state index < -0.39 is 23.8 Å². The average molecular weight is 420 g/mol. The minimum atomic E-state index is -1.04. The molecule has 1 saturated heterocycles. The first kappa shape index (κ1) is 22.4. The summed E-state index contributed by atoms with van der Waals surface area (Å²) in [6.07, 6.45) is 2.29. The zero-order valence-corrected chi connectivity index (χ0v) is 18.1. The fraction of sp³-hybridized carbons (Fsp3) is 0.360. The number of imide groups is 2. The van der Waals surface area contributed by atoms with E-state index in [-0.39, 0.29) is 5.92 Å². The lowest BCUT2D eigenvalue weighted by Crippen LogP contribution is -2.59. The molecule has 4 amide bonds. The number of barbiturate groups is 1. The third kappa shape index (κ3) is 5.45. The van der Waals surface area contributed by atoms with Gasteiger partial charge in [0.1, 0.15) is 0 Å². The van der Waals surface area contributed by atoms with Crippen LogP contribution < -0.4 is 5.32 Å². The summed E-state index contributed by atoms with van der Waals surface area (Å²) in [5.74, 6) is -1.95. The Morgan fingerprint density at radius 1 is 1.00 bits per heavy atom. The van der Waals surface area contributed by atoms with E-state index >= 15 is 0 Å². The van der Waals surface area contributed by atoms with Gasteiger partial charge in [-0.1, -0.05) is 74.0 Å². The Hall–Kier alpha value is -3.28. The van der Waals surface area contributed by atoms with Crippen LogP contribution in [0.25, 0.3) is 0 Å². The molecule has 1 heterocycles. The Kier molecular flexibility index (Phi) is 7.70. The maximum absolute atomic E-state index is 12.8. The first-order chi connectivity index (χ1) is 15.0. The number of nitrogens with zero attached hydrogens (tertiary/aromatic N) is 2. The van der Waals surface area contributed by atoms with E-state index in [0.29, 0.717) is 25.2 Å². The summed E-state index contributed by atoms with van der Waals surface area (Å²) in [5, 5.41) is 2.30. The molecule has 31 heavy (non-hydrogen) atoms. The molecule has 2 aromatic rings. The molecule has 0 aromatic heterocycles. The van der Waals surface area contributed by atoms with E-state index in [0.717, 1.165) is 17.7 Å². The molecule has 1 N–H and O–H groups in total. The number of nitrogens with one attached hydrogen (secondary N) is 1. The smallest absolute Gasteiger partial charge is 0.293 e. The molecule has 162 valence electrons. The van der Waals surface area contributed by atoms with Gasteiger partial charge in [0.05, 0.1) is 0 Å². The highest BCUT2D eigenvalue weighted by molar-refractivity contribution is 6.27. The molecule has 1 aliphatic rings. The van der Waals surface area contributed by atoms with Crippen LogP contribution in [0.4, 0.5) is 4.79 Å². The number of urea groups is 1. The molecule has 0 saturated carbocycles. The first-order valence-corrected chi connectivity index (χ1v) is 10.8. The SMILES string of the molecule is CCCCN1C(=O)NC(=O)[C@H](C(C)=NCCC(c2ccccc2)c2ccccc2)C1=O. The van der Waals surface area contributed by atoms with Gasteiger partial charge in [0, 0.05) is 24.7 Å². The zero-order chi connectivity index (χ0) is 22.2. The maximum Gasteiger partial charge on any atom is 0.330 e. The standard InChI is InChI=1S/C25H29N3O3/c1-3-4-17-28-24(30)22(23(29)27-25(28)31)18(2)26-16-15-21(19-11-7-5-8-12-19)20-13-9-6-10-14-20/h5-14,21-22H,3-4,15-17H2,1-2H3,(H,27,29,31)/t22-/m0/s1. The van der Waals surface area contributed by atoms with Crippen molar-refractivity contribution in [3.8, 4) is 0 Å². The van der Waals surface area contributed by atoms with Crippen LogP contribution in [-0.4, -0.2) is 41.5 Å². The zero-order valence-electron chi connectivity index (χ0n) is 18.1. The minimum absolute atomic E-state index is 0.164. The number of aliphatic imine (C=N–C) groups is 1. The minimum Gasteiger partial charge on any atom is -0.293 e. The van der Waals surface area contributed by atoms with E-state index in [2.05, 4.69) is 34.6 Å². The molecule has 0 spiro atoms. The molecule has 0 aliphatic carbocycles. The number of carbonyl (C=O) groups excluding carboxylic acids is 3. The Morgan fingerprint density at radius 3 is 2.13 bits per heavy atom. The molecule has 0 radical (unpaired) electrons. The Morgan fingerprint density at radius 2 is 1.58 bits per heavy atom. The third-order valence-corrected chi connectivity index (χ3v) is 5.59. The van der Waals surface area contributed by atoms with Crippen molar-refractivity contribution in [2.75, 3.05) is 13.1 Å². The highest BCUT2D eigenvalue weighted by Crippen LogP contribution is 2.28. The second-order valence-corrected chi connectivity index (χ2v) is 7.76. The molecular weight excluding hydrogens is 390 g/mol. The van der Waals surface area contributed by atoms with Gasteiger partial charge in [-0.05, 0) is 30.9 Å². The number of hydrogen-bond donors (Lipinski definition) is 1. The lowest BCUT2D eigenvalue weighted by molar-refractivity contribution is -0.139. The number of benzene rings is 2. The van der Waals surface area contributed by atoms with Crippen LogP contribution in [-0.2, 0) is 9.59 Å². The average Bonchev–Trinajstić information content (AvgIpc) is 2.77. The first-order valence-electron chi connectivity index (χ1n) is 10.8. The van der Waals surface area contributed by atoms with Gasteiger partial charge in [-0.2, -0.15) is 0 Å². The molecule has 0 bridgehead atoms. The summed E-state index contributed by atoms with van der Waals surface area (Å²) >= 11 is 0. The number of hydrogen-bond acceptors (Lipinski definition) is 4. The molecular formula is C25H29N3O3. The van der Waals surface area contributed by atoms with Crippen LogP contribution in [0.15, 0.2) is 65.7 Å². The van der Waals surface area contributed by atoms with E-state index in [1.54, 1.807) is 6.92 Å². The fourth-order valence-electron chi connectivity index (χ4n) is 3.87. The van der Waals surface area contributed by atoms with Gasteiger partial charge in [0.2, 0.25) is 11.8 Å². The van der Waals surface area contributed by atoms with Gasteiger partial charge in [-0.25, -0.2) is 4.79 Å². The van der Waals surface area contributed by atoms with Crippen molar-refractivity contribution in [1.29, 1.82) is 0 Å². The number of rotatable bonds is 9. The summed E-state index contributed by atoms with van der Waals surface area (Å²) in [7, 11) is 0. The van der Waals surface area contributed by atoms with Crippen molar-refractivity contribution in [3.05, 3.63) is 71.8 Å². The van der Waals surface area contributed by atoms with Crippen molar-refractivity contribution in [2.24, 2.45) is 10.9 Å². The van der Waals surface area contributed by atoms with E-state index in [4.69, 9.17) is 0 Å². The quantitative estimate of drug-likeness (QED) is 0.490. The highest BCUT2D eigenvalue weighted by Gasteiger charge is 2.41. The lowest BCUT2D eigenvalue weighted by atomic mass is 9.88. The van der Waals surface area contributed by atoms with Crippen molar-refractivity contribution in [3.63, 3.8) is 0 Å². The second kappa shape index (κ2) is 10.7. The second-order valence-electron chi connectivity index (χ2n) is 7.76. The highest BCUT2D eigenvalue weighted by atomic mass is 16.2. The number of carbonyl (C=O) groups is 3. The van der Waals surface area contributed by atoms with Gasteiger partial charge in [0.25, 0.3) is 0 Å². The van der Waals surface area contributed by atoms with E-state index in [9.17, 15) is 14.4 Å². The van der Waals surface area contributed by atoms with Crippen LogP contribution in [0.1, 0.15) is 50.2 Å². The van der Waals surface area contributed by atoms with Gasteiger partial charge < -0.3 is 0 Å². The van der Waals surface area contributed by atoms with Crippen molar-refractivity contribution in [1.82, 2.24) is 10.2 Å². The van der Waals surface area contributed by atoms with Crippen LogP contribution in [0.2, 0.25) is 0 Å². The lowest BCUT2D eigenvalue weighted by Gasteiger charge is -2.30. The van der Waals surface area contributed by atoms with Gasteiger partial charge in [0.15, 0.2) is 5.92 Å².